The number of ether oxygens (including phenoxy) is 2. The molecular weight excluding hydrogens is 156 g/mol. The van der Waals surface area contributed by atoms with Gasteiger partial charge >= 0.3 is 5.97 Å². The van der Waals surface area contributed by atoms with Gasteiger partial charge in [-0.1, -0.05) is 18.1 Å². The molecule has 0 radical (unpaired) electrons. The first-order chi connectivity index (χ1) is 5.81. The first-order valence-electron chi connectivity index (χ1n) is 3.57. The van der Waals surface area contributed by atoms with Crippen LogP contribution in [-0.4, -0.2) is 26.3 Å². The molecule has 12 heavy (non-hydrogen) atoms. The van der Waals surface area contributed by atoms with Crippen molar-refractivity contribution in [1.29, 1.82) is 0 Å². The van der Waals surface area contributed by atoms with Gasteiger partial charge in [0, 0.05) is 5.92 Å². The summed E-state index contributed by atoms with van der Waals surface area (Å²) in [4.78, 5) is 10.4. The number of hydrogen-bond acceptors (Lipinski definition) is 3. The summed E-state index contributed by atoms with van der Waals surface area (Å²) in [5, 5.41) is 0. The van der Waals surface area contributed by atoms with Crippen molar-refractivity contribution in [2.45, 2.75) is 6.92 Å². The van der Waals surface area contributed by atoms with E-state index >= 15 is 0 Å². The van der Waals surface area contributed by atoms with Gasteiger partial charge in [-0.2, -0.15) is 0 Å². The van der Waals surface area contributed by atoms with E-state index in [2.05, 4.69) is 16.6 Å². The normalized spacial score (nSPS) is 9.17. The molecule has 0 spiro atoms. The average molecular weight is 168 g/mol. The highest BCUT2D eigenvalue weighted by molar-refractivity contribution is 5.88. The van der Waals surface area contributed by atoms with E-state index in [-0.39, 0.29) is 6.61 Å². The van der Waals surface area contributed by atoms with Gasteiger partial charge in [-0.05, 0) is 6.92 Å². The monoisotopic (exact) mass is 168 g/mol. The van der Waals surface area contributed by atoms with Crippen LogP contribution in [0.25, 0.3) is 0 Å². The zero-order valence-corrected chi connectivity index (χ0v) is 7.29. The van der Waals surface area contributed by atoms with Crippen molar-refractivity contribution in [3.05, 3.63) is 12.2 Å². The Balaban J connectivity index is 3.39. The molecule has 0 saturated heterocycles. The van der Waals surface area contributed by atoms with Gasteiger partial charge < -0.3 is 9.47 Å². The smallest absolute Gasteiger partial charge is 0.384 e. The number of hydrogen-bond donors (Lipinski definition) is 0. The van der Waals surface area contributed by atoms with Gasteiger partial charge in [0.2, 0.25) is 0 Å². The highest BCUT2D eigenvalue weighted by Crippen LogP contribution is 1.76. The summed E-state index contributed by atoms with van der Waals surface area (Å²) in [7, 11) is 1.29. The maximum absolute atomic E-state index is 10.4. The first-order valence-corrected chi connectivity index (χ1v) is 3.57. The van der Waals surface area contributed by atoms with E-state index in [1.54, 1.807) is 0 Å². The summed E-state index contributed by atoms with van der Waals surface area (Å²) in [6.45, 7) is 2.68. The fourth-order valence-electron chi connectivity index (χ4n) is 0.434. The summed E-state index contributed by atoms with van der Waals surface area (Å²) in [6.07, 6.45) is 3.74. The van der Waals surface area contributed by atoms with Crippen LogP contribution >= 0.6 is 0 Å². The van der Waals surface area contributed by atoms with Crippen LogP contribution < -0.4 is 0 Å². The van der Waals surface area contributed by atoms with Gasteiger partial charge in [0.25, 0.3) is 0 Å². The van der Waals surface area contributed by atoms with Gasteiger partial charge in [0.1, 0.15) is 6.61 Å². The summed E-state index contributed by atoms with van der Waals surface area (Å²) in [5.41, 5.74) is 0. The van der Waals surface area contributed by atoms with Crippen LogP contribution in [-0.2, 0) is 14.3 Å². The molecule has 0 aliphatic carbocycles. The fraction of sp³-hybridized carbons (Fsp3) is 0.444. The molecule has 0 aromatic carbocycles. The Morgan fingerprint density at radius 3 is 2.92 bits per heavy atom. The lowest BCUT2D eigenvalue weighted by Crippen LogP contribution is -1.96. The highest BCUT2D eigenvalue weighted by atomic mass is 16.5. The predicted octanol–water partition coefficient (Wildman–Crippen LogP) is 0.755. The SMILES string of the molecule is CC=CCOCC#CC(=O)OC. The van der Waals surface area contributed by atoms with Gasteiger partial charge in [-0.25, -0.2) is 4.79 Å². The Morgan fingerprint density at radius 1 is 1.58 bits per heavy atom. The van der Waals surface area contributed by atoms with Crippen molar-refractivity contribution in [1.82, 2.24) is 0 Å². The van der Waals surface area contributed by atoms with E-state index in [0.717, 1.165) is 0 Å². The Bertz CT molecular complexity index is 208. The number of rotatable bonds is 3. The second kappa shape index (κ2) is 7.83. The third-order valence-corrected chi connectivity index (χ3v) is 1.000. The van der Waals surface area contributed by atoms with Gasteiger partial charge in [-0.15, -0.1) is 0 Å². The topological polar surface area (TPSA) is 35.5 Å². The molecular formula is C9H12O3. The predicted molar refractivity (Wildman–Crippen MR) is 45.4 cm³/mol. The maximum atomic E-state index is 10.4. The van der Waals surface area contributed by atoms with Crippen molar-refractivity contribution in [2.24, 2.45) is 0 Å². The molecule has 66 valence electrons. The molecule has 0 N–H and O–H groups in total. The third-order valence-electron chi connectivity index (χ3n) is 1.000. The minimum Gasteiger partial charge on any atom is -0.459 e. The van der Waals surface area contributed by atoms with Crippen molar-refractivity contribution < 1.29 is 14.3 Å². The van der Waals surface area contributed by atoms with Crippen LogP contribution in [0.5, 0.6) is 0 Å². The number of methoxy groups -OCH3 is 1. The largest absolute Gasteiger partial charge is 0.459 e. The molecule has 0 bridgehead atoms. The zero-order valence-electron chi connectivity index (χ0n) is 7.29. The van der Waals surface area contributed by atoms with E-state index in [4.69, 9.17) is 4.74 Å². The van der Waals surface area contributed by atoms with Gasteiger partial charge in [-0.3, -0.25) is 0 Å². The number of esters is 1. The van der Waals surface area contributed by atoms with Crippen LogP contribution in [0.3, 0.4) is 0 Å². The minimum atomic E-state index is -0.537. The average Bonchev–Trinajstić information content (AvgIpc) is 2.10. The first kappa shape index (κ1) is 10.7. The van der Waals surface area contributed by atoms with Gasteiger partial charge in [0.15, 0.2) is 0 Å². The molecule has 0 unspecified atom stereocenters. The standard InChI is InChI=1S/C9H12O3/c1-3-4-7-12-8-5-6-9(10)11-2/h3-4H,7-8H2,1-2H3. The summed E-state index contributed by atoms with van der Waals surface area (Å²) < 4.78 is 9.30. The second-order valence-electron chi connectivity index (χ2n) is 1.88. The maximum Gasteiger partial charge on any atom is 0.384 e. The molecule has 3 nitrogen and oxygen atoms in total. The molecule has 0 atom stereocenters. The Hall–Kier alpha value is -1.27. The molecule has 0 saturated carbocycles. The Kier molecular flexibility index (Phi) is 7.00. The Labute approximate surface area is 72.4 Å². The van der Waals surface area contributed by atoms with Crippen LogP contribution in [0, 0.1) is 11.8 Å². The van der Waals surface area contributed by atoms with Crippen molar-refractivity contribution in [3.8, 4) is 11.8 Å². The highest BCUT2D eigenvalue weighted by Gasteiger charge is 1.87. The van der Waals surface area contributed by atoms with Crippen LogP contribution in [0.1, 0.15) is 6.92 Å². The molecule has 0 amide bonds. The summed E-state index contributed by atoms with van der Waals surface area (Å²) in [6, 6.07) is 0. The quantitative estimate of drug-likeness (QED) is 0.205. The van der Waals surface area contributed by atoms with E-state index in [1.165, 1.54) is 7.11 Å². The lowest BCUT2D eigenvalue weighted by atomic mass is 10.5. The fourth-order valence-corrected chi connectivity index (χ4v) is 0.434. The summed E-state index contributed by atoms with van der Waals surface area (Å²) >= 11 is 0. The summed E-state index contributed by atoms with van der Waals surface area (Å²) in [5.74, 6) is 4.23. The number of carbonyl (C=O) groups excluding carboxylic acids is 1. The molecule has 0 heterocycles. The molecule has 0 aromatic heterocycles. The van der Waals surface area contributed by atoms with E-state index in [9.17, 15) is 4.79 Å². The van der Waals surface area contributed by atoms with Gasteiger partial charge in [0.05, 0.1) is 13.7 Å². The molecule has 0 aliphatic rings. The lowest BCUT2D eigenvalue weighted by molar-refractivity contribution is -0.133. The Morgan fingerprint density at radius 2 is 2.33 bits per heavy atom. The third kappa shape index (κ3) is 6.84. The minimum absolute atomic E-state index is 0.249. The number of carbonyl (C=O) groups is 1. The lowest BCUT2D eigenvalue weighted by Gasteiger charge is -1.90. The van der Waals surface area contributed by atoms with E-state index in [1.807, 2.05) is 19.1 Å². The van der Waals surface area contributed by atoms with Crippen LogP contribution in [0.4, 0.5) is 0 Å². The molecule has 0 fully saturated rings. The van der Waals surface area contributed by atoms with Crippen molar-refractivity contribution in [3.63, 3.8) is 0 Å². The second-order valence-corrected chi connectivity index (χ2v) is 1.88. The van der Waals surface area contributed by atoms with Crippen LogP contribution in [0.2, 0.25) is 0 Å². The molecule has 0 rings (SSSR count). The molecule has 0 aromatic rings. The van der Waals surface area contributed by atoms with E-state index in [0.29, 0.717) is 6.61 Å². The van der Waals surface area contributed by atoms with Crippen LogP contribution in [0.15, 0.2) is 12.2 Å². The molecule has 3 heteroatoms. The molecule has 0 aliphatic heterocycles. The number of allylic oxidation sites excluding steroid dienone is 1. The zero-order chi connectivity index (χ0) is 9.23. The van der Waals surface area contributed by atoms with Crippen molar-refractivity contribution in [2.75, 3.05) is 20.3 Å². The van der Waals surface area contributed by atoms with Crippen molar-refractivity contribution >= 4 is 5.97 Å². The van der Waals surface area contributed by atoms with E-state index < -0.39 is 5.97 Å².